The molecule has 0 fully saturated rings. The van der Waals surface area contributed by atoms with Gasteiger partial charge in [0, 0.05) is 17.4 Å². The van der Waals surface area contributed by atoms with Gasteiger partial charge in [-0.2, -0.15) is 0 Å². The number of alkyl halides is 1. The van der Waals surface area contributed by atoms with E-state index in [1.165, 1.54) is 38.5 Å². The standard InChI is InChI=1S/C21H34BrNO2/c1-2-3-4-5-6-7-11-18-25-20-14-12-19(13-15-20)21(24)23-17-10-8-9-16-22/h12-15H,2-11,16-18H2,1H3,(H,23,24). The fraction of sp³-hybridized carbons (Fsp3) is 0.667. The minimum atomic E-state index is -0.00234. The van der Waals surface area contributed by atoms with Crippen LogP contribution in [0.5, 0.6) is 5.75 Å². The van der Waals surface area contributed by atoms with Gasteiger partial charge in [0.05, 0.1) is 6.61 Å². The van der Waals surface area contributed by atoms with E-state index in [0.29, 0.717) is 5.56 Å². The summed E-state index contributed by atoms with van der Waals surface area (Å²) in [4.78, 5) is 12.0. The van der Waals surface area contributed by atoms with E-state index in [1.807, 2.05) is 24.3 Å². The van der Waals surface area contributed by atoms with Crippen molar-refractivity contribution >= 4 is 21.8 Å². The molecule has 0 aliphatic carbocycles. The first-order chi connectivity index (χ1) is 12.3. The van der Waals surface area contributed by atoms with Crippen molar-refractivity contribution in [2.24, 2.45) is 0 Å². The molecule has 25 heavy (non-hydrogen) atoms. The zero-order valence-corrected chi connectivity index (χ0v) is 17.3. The van der Waals surface area contributed by atoms with Crippen LogP contribution in [-0.2, 0) is 0 Å². The average Bonchev–Trinajstić information content (AvgIpc) is 2.64. The molecule has 1 aromatic rings. The number of amides is 1. The van der Waals surface area contributed by atoms with Crippen LogP contribution in [0.1, 0.15) is 81.5 Å². The largest absolute Gasteiger partial charge is 0.494 e. The van der Waals surface area contributed by atoms with E-state index in [-0.39, 0.29) is 5.91 Å². The van der Waals surface area contributed by atoms with Crippen LogP contribution in [-0.4, -0.2) is 24.4 Å². The number of hydrogen-bond donors (Lipinski definition) is 1. The topological polar surface area (TPSA) is 38.3 Å². The number of unbranched alkanes of at least 4 members (excludes halogenated alkanes) is 8. The second-order valence-electron chi connectivity index (χ2n) is 6.50. The van der Waals surface area contributed by atoms with Gasteiger partial charge in [-0.15, -0.1) is 0 Å². The Bertz CT molecular complexity index is 448. The Morgan fingerprint density at radius 1 is 0.920 bits per heavy atom. The molecule has 3 nitrogen and oxygen atoms in total. The van der Waals surface area contributed by atoms with Crippen LogP contribution < -0.4 is 10.1 Å². The summed E-state index contributed by atoms with van der Waals surface area (Å²) in [5.74, 6) is 0.845. The van der Waals surface area contributed by atoms with Crippen LogP contribution in [0.25, 0.3) is 0 Å². The first-order valence-corrected chi connectivity index (χ1v) is 11.0. The Morgan fingerprint density at radius 2 is 1.56 bits per heavy atom. The monoisotopic (exact) mass is 411 g/mol. The van der Waals surface area contributed by atoms with Crippen LogP contribution in [0.4, 0.5) is 0 Å². The summed E-state index contributed by atoms with van der Waals surface area (Å²) in [6, 6.07) is 7.46. The minimum absolute atomic E-state index is 0.00234. The van der Waals surface area contributed by atoms with Crippen molar-refractivity contribution in [2.45, 2.75) is 71.1 Å². The molecule has 1 rings (SSSR count). The Kier molecular flexibility index (Phi) is 13.4. The second kappa shape index (κ2) is 15.2. The fourth-order valence-corrected chi connectivity index (χ4v) is 3.05. The van der Waals surface area contributed by atoms with Crippen LogP contribution in [0.2, 0.25) is 0 Å². The predicted molar refractivity (Wildman–Crippen MR) is 110 cm³/mol. The number of halogens is 1. The number of carbonyl (C=O) groups is 1. The quantitative estimate of drug-likeness (QED) is 0.279. The highest BCUT2D eigenvalue weighted by molar-refractivity contribution is 9.09. The lowest BCUT2D eigenvalue weighted by Gasteiger charge is -2.08. The molecule has 142 valence electrons. The van der Waals surface area contributed by atoms with E-state index < -0.39 is 0 Å². The highest BCUT2D eigenvalue weighted by atomic mass is 79.9. The molecule has 0 spiro atoms. The number of rotatable bonds is 15. The lowest BCUT2D eigenvalue weighted by Crippen LogP contribution is -2.24. The minimum Gasteiger partial charge on any atom is -0.494 e. The van der Waals surface area contributed by atoms with Crippen molar-refractivity contribution in [2.75, 3.05) is 18.5 Å². The smallest absolute Gasteiger partial charge is 0.251 e. The molecule has 0 saturated carbocycles. The lowest BCUT2D eigenvalue weighted by molar-refractivity contribution is 0.0953. The number of nitrogens with one attached hydrogen (secondary N) is 1. The molecule has 1 amide bonds. The van der Waals surface area contributed by atoms with Crippen molar-refractivity contribution in [3.05, 3.63) is 29.8 Å². The molecule has 0 atom stereocenters. The number of benzene rings is 1. The van der Waals surface area contributed by atoms with Gasteiger partial charge in [-0.25, -0.2) is 0 Å². The molecular formula is C21H34BrNO2. The zero-order valence-electron chi connectivity index (χ0n) is 15.7. The number of carbonyl (C=O) groups excluding carboxylic acids is 1. The molecule has 1 N–H and O–H groups in total. The van der Waals surface area contributed by atoms with Crippen LogP contribution in [0, 0.1) is 0 Å². The molecule has 0 aromatic heterocycles. The van der Waals surface area contributed by atoms with Crippen molar-refractivity contribution in [1.82, 2.24) is 5.32 Å². The van der Waals surface area contributed by atoms with Gasteiger partial charge in [-0.05, 0) is 43.5 Å². The van der Waals surface area contributed by atoms with Gasteiger partial charge in [0.2, 0.25) is 0 Å². The van der Waals surface area contributed by atoms with E-state index >= 15 is 0 Å². The first-order valence-electron chi connectivity index (χ1n) is 9.85. The highest BCUT2D eigenvalue weighted by Gasteiger charge is 2.04. The van der Waals surface area contributed by atoms with Gasteiger partial charge >= 0.3 is 0 Å². The van der Waals surface area contributed by atoms with Gasteiger partial charge in [0.15, 0.2) is 0 Å². The number of ether oxygens (including phenoxy) is 1. The van der Waals surface area contributed by atoms with Crippen LogP contribution in [0.15, 0.2) is 24.3 Å². The van der Waals surface area contributed by atoms with Gasteiger partial charge in [0.25, 0.3) is 5.91 Å². The zero-order chi connectivity index (χ0) is 18.2. The SMILES string of the molecule is CCCCCCCCCOc1ccc(C(=O)NCCCCCBr)cc1. The first kappa shape index (κ1) is 22.0. The molecule has 0 bridgehead atoms. The molecule has 4 heteroatoms. The summed E-state index contributed by atoms with van der Waals surface area (Å²) < 4.78 is 5.76. The van der Waals surface area contributed by atoms with Crippen molar-refractivity contribution in [1.29, 1.82) is 0 Å². The summed E-state index contributed by atoms with van der Waals surface area (Å²) >= 11 is 3.41. The maximum absolute atomic E-state index is 12.0. The third-order valence-corrected chi connectivity index (χ3v) is 4.79. The van der Waals surface area contributed by atoms with Crippen molar-refractivity contribution < 1.29 is 9.53 Å². The summed E-state index contributed by atoms with van der Waals surface area (Å²) in [7, 11) is 0. The Morgan fingerprint density at radius 3 is 2.24 bits per heavy atom. The van der Waals surface area contributed by atoms with Crippen molar-refractivity contribution in [3.8, 4) is 5.75 Å². The van der Waals surface area contributed by atoms with Crippen LogP contribution in [0.3, 0.4) is 0 Å². The third kappa shape index (κ3) is 11.2. The molecular weight excluding hydrogens is 378 g/mol. The van der Waals surface area contributed by atoms with E-state index in [1.54, 1.807) is 0 Å². The summed E-state index contributed by atoms with van der Waals surface area (Å²) in [6.07, 6.45) is 12.3. The molecule has 0 unspecified atom stereocenters. The molecule has 0 radical (unpaired) electrons. The van der Waals surface area contributed by atoms with Gasteiger partial charge in [-0.1, -0.05) is 67.8 Å². The summed E-state index contributed by atoms with van der Waals surface area (Å²) in [5.41, 5.74) is 0.698. The average molecular weight is 412 g/mol. The normalized spacial score (nSPS) is 10.6. The third-order valence-electron chi connectivity index (χ3n) is 4.23. The van der Waals surface area contributed by atoms with Crippen LogP contribution >= 0.6 is 15.9 Å². The van der Waals surface area contributed by atoms with E-state index in [0.717, 1.165) is 49.9 Å². The fourth-order valence-electron chi connectivity index (χ4n) is 2.65. The number of hydrogen-bond acceptors (Lipinski definition) is 2. The van der Waals surface area contributed by atoms with Crippen molar-refractivity contribution in [3.63, 3.8) is 0 Å². The Labute approximate surface area is 162 Å². The Hall–Kier alpha value is -1.03. The van der Waals surface area contributed by atoms with Gasteiger partial charge < -0.3 is 10.1 Å². The van der Waals surface area contributed by atoms with Gasteiger partial charge in [-0.3, -0.25) is 4.79 Å². The molecule has 0 aliphatic heterocycles. The van der Waals surface area contributed by atoms with E-state index in [9.17, 15) is 4.79 Å². The highest BCUT2D eigenvalue weighted by Crippen LogP contribution is 2.13. The predicted octanol–water partition coefficient (Wildman–Crippen LogP) is 6.11. The maximum atomic E-state index is 12.0. The molecule has 0 aliphatic rings. The Balaban J connectivity index is 2.13. The maximum Gasteiger partial charge on any atom is 0.251 e. The molecule has 1 aromatic carbocycles. The molecule has 0 saturated heterocycles. The summed E-state index contributed by atoms with van der Waals surface area (Å²) in [6.45, 7) is 3.74. The second-order valence-corrected chi connectivity index (χ2v) is 7.29. The lowest BCUT2D eigenvalue weighted by atomic mass is 10.1. The molecule has 0 heterocycles. The van der Waals surface area contributed by atoms with E-state index in [2.05, 4.69) is 28.2 Å². The summed E-state index contributed by atoms with van der Waals surface area (Å²) in [5, 5.41) is 3.99. The van der Waals surface area contributed by atoms with E-state index in [4.69, 9.17) is 4.74 Å². The van der Waals surface area contributed by atoms with Gasteiger partial charge in [0.1, 0.15) is 5.75 Å².